The van der Waals surface area contributed by atoms with Crippen molar-refractivity contribution in [2.75, 3.05) is 32.7 Å². The molecular formula is C23H34N6O. The highest BCUT2D eigenvalue weighted by molar-refractivity contribution is 5.79. The molecule has 0 spiro atoms. The molecule has 2 N–H and O–H groups in total. The number of carbonyl (C=O) groups is 1. The molecular weight excluding hydrogens is 376 g/mol. The average molecular weight is 411 g/mol. The third-order valence-corrected chi connectivity index (χ3v) is 5.28. The van der Waals surface area contributed by atoms with Crippen molar-refractivity contribution in [3.63, 3.8) is 0 Å². The molecule has 1 aromatic carbocycles. The number of rotatable bonds is 9. The molecule has 0 bridgehead atoms. The fourth-order valence-electron chi connectivity index (χ4n) is 3.63. The van der Waals surface area contributed by atoms with E-state index in [9.17, 15) is 4.79 Å². The smallest absolute Gasteiger partial charge is 0.222 e. The largest absolute Gasteiger partial charge is 0.357 e. The van der Waals surface area contributed by atoms with Crippen LogP contribution in [0.3, 0.4) is 0 Å². The number of aromatic nitrogens is 2. The highest BCUT2D eigenvalue weighted by Gasteiger charge is 2.15. The van der Waals surface area contributed by atoms with Crippen molar-refractivity contribution in [1.82, 2.24) is 25.3 Å². The summed E-state index contributed by atoms with van der Waals surface area (Å²) in [7, 11) is 0. The summed E-state index contributed by atoms with van der Waals surface area (Å²) in [5.41, 5.74) is 2.34. The molecule has 0 unspecified atom stereocenters. The van der Waals surface area contributed by atoms with E-state index in [-0.39, 0.29) is 0 Å². The Labute approximate surface area is 179 Å². The van der Waals surface area contributed by atoms with Crippen molar-refractivity contribution >= 4 is 11.9 Å². The van der Waals surface area contributed by atoms with Gasteiger partial charge in [-0.2, -0.15) is 5.10 Å². The van der Waals surface area contributed by atoms with Crippen LogP contribution in [0.25, 0.3) is 5.69 Å². The first-order chi connectivity index (χ1) is 14.8. The van der Waals surface area contributed by atoms with Crippen molar-refractivity contribution < 1.29 is 4.79 Å². The minimum absolute atomic E-state index is 0.306. The van der Waals surface area contributed by atoms with E-state index in [2.05, 4.69) is 51.9 Å². The van der Waals surface area contributed by atoms with Crippen LogP contribution in [0.4, 0.5) is 0 Å². The summed E-state index contributed by atoms with van der Waals surface area (Å²) in [4.78, 5) is 18.7. The monoisotopic (exact) mass is 410 g/mol. The number of aliphatic imine (C=N–C) groups is 1. The van der Waals surface area contributed by atoms with Crippen molar-refractivity contribution in [3.8, 4) is 5.69 Å². The third-order valence-electron chi connectivity index (χ3n) is 5.28. The van der Waals surface area contributed by atoms with Gasteiger partial charge in [-0.25, -0.2) is 4.68 Å². The zero-order valence-corrected chi connectivity index (χ0v) is 18.0. The zero-order chi connectivity index (χ0) is 21.0. The number of likely N-dealkylation sites (tertiary alicyclic amines) is 1. The highest BCUT2D eigenvalue weighted by atomic mass is 16.2. The Hall–Kier alpha value is -2.83. The second-order valence-electron chi connectivity index (χ2n) is 7.60. The minimum atomic E-state index is 0.306. The van der Waals surface area contributed by atoms with Gasteiger partial charge in [-0.1, -0.05) is 18.6 Å². The van der Waals surface area contributed by atoms with Crippen LogP contribution < -0.4 is 10.6 Å². The van der Waals surface area contributed by atoms with Gasteiger partial charge in [0.2, 0.25) is 5.91 Å². The van der Waals surface area contributed by atoms with Gasteiger partial charge in [0, 0.05) is 51.5 Å². The Kier molecular flexibility index (Phi) is 8.75. The van der Waals surface area contributed by atoms with Crippen LogP contribution in [0, 0.1) is 0 Å². The first-order valence-corrected chi connectivity index (χ1v) is 11.1. The van der Waals surface area contributed by atoms with Crippen molar-refractivity contribution in [1.29, 1.82) is 0 Å². The van der Waals surface area contributed by atoms with Gasteiger partial charge in [0.15, 0.2) is 5.96 Å². The van der Waals surface area contributed by atoms with Crippen molar-refractivity contribution in [2.24, 2.45) is 4.99 Å². The second-order valence-corrected chi connectivity index (χ2v) is 7.60. The lowest BCUT2D eigenvalue weighted by Crippen LogP contribution is -2.38. The van der Waals surface area contributed by atoms with Crippen molar-refractivity contribution in [3.05, 3.63) is 48.3 Å². The molecule has 162 valence electrons. The van der Waals surface area contributed by atoms with Crippen LogP contribution in [0.1, 0.15) is 44.6 Å². The molecule has 1 fully saturated rings. The summed E-state index contributed by atoms with van der Waals surface area (Å²) < 4.78 is 1.86. The molecule has 1 aliphatic heterocycles. The predicted octanol–water partition coefficient (Wildman–Crippen LogP) is 2.76. The summed E-state index contributed by atoms with van der Waals surface area (Å²) in [5, 5.41) is 11.0. The molecule has 7 nitrogen and oxygen atoms in total. The molecule has 0 saturated carbocycles. The number of amides is 1. The maximum absolute atomic E-state index is 12.1. The number of guanidine groups is 1. The molecule has 1 amide bonds. The van der Waals surface area contributed by atoms with Crippen LogP contribution in [-0.4, -0.2) is 59.3 Å². The number of nitrogens with zero attached hydrogens (tertiary/aromatic N) is 4. The SMILES string of the molecule is CCNC(=NCCCN1CCCCCC1=O)NCCc1ccc(-n2cccn2)cc1. The average Bonchev–Trinajstić information content (AvgIpc) is 3.22. The van der Waals surface area contributed by atoms with Gasteiger partial charge in [0.25, 0.3) is 0 Å². The Morgan fingerprint density at radius 3 is 2.80 bits per heavy atom. The van der Waals surface area contributed by atoms with Gasteiger partial charge >= 0.3 is 0 Å². The van der Waals surface area contributed by atoms with Crippen LogP contribution in [-0.2, 0) is 11.2 Å². The van der Waals surface area contributed by atoms with Gasteiger partial charge in [0.05, 0.1) is 5.69 Å². The van der Waals surface area contributed by atoms with Crippen molar-refractivity contribution in [2.45, 2.75) is 45.4 Å². The number of benzene rings is 1. The summed E-state index contributed by atoms with van der Waals surface area (Å²) in [6.07, 6.45) is 9.58. The van der Waals surface area contributed by atoms with Gasteiger partial charge in [-0.3, -0.25) is 9.79 Å². The predicted molar refractivity (Wildman–Crippen MR) is 121 cm³/mol. The molecule has 1 saturated heterocycles. The molecule has 3 rings (SSSR count). The molecule has 2 aromatic rings. The Balaban J connectivity index is 1.40. The van der Waals surface area contributed by atoms with Crippen LogP contribution in [0.5, 0.6) is 0 Å². The van der Waals surface area contributed by atoms with Gasteiger partial charge in [-0.05, 0) is 56.4 Å². The van der Waals surface area contributed by atoms with Gasteiger partial charge in [0.1, 0.15) is 0 Å². The molecule has 30 heavy (non-hydrogen) atoms. The molecule has 0 aliphatic carbocycles. The number of nitrogens with one attached hydrogen (secondary N) is 2. The number of hydrogen-bond donors (Lipinski definition) is 2. The lowest BCUT2D eigenvalue weighted by Gasteiger charge is -2.20. The van der Waals surface area contributed by atoms with E-state index in [0.717, 1.165) is 70.1 Å². The zero-order valence-electron chi connectivity index (χ0n) is 18.0. The van der Waals surface area contributed by atoms with E-state index >= 15 is 0 Å². The van der Waals surface area contributed by atoms with E-state index in [1.54, 1.807) is 6.20 Å². The first-order valence-electron chi connectivity index (χ1n) is 11.1. The van der Waals surface area contributed by atoms with Crippen LogP contribution >= 0.6 is 0 Å². The lowest BCUT2D eigenvalue weighted by atomic mass is 10.1. The fraction of sp³-hybridized carbons (Fsp3) is 0.522. The van der Waals surface area contributed by atoms with Gasteiger partial charge in [-0.15, -0.1) is 0 Å². The topological polar surface area (TPSA) is 74.6 Å². The molecule has 0 atom stereocenters. The summed E-state index contributed by atoms with van der Waals surface area (Å²) in [6.45, 7) is 6.15. The first kappa shape index (κ1) is 21.9. The quantitative estimate of drug-likeness (QED) is 0.379. The standard InChI is InChI=1S/C23H34N6O/c1-2-24-23(25-14-6-18-28-17-5-3-4-8-22(28)30)26-16-13-20-9-11-21(12-10-20)29-19-7-15-27-29/h7,9-12,15,19H,2-6,8,13-14,16-18H2,1H3,(H2,24,25,26). The molecule has 7 heteroatoms. The molecule has 1 aliphatic rings. The van der Waals surface area contributed by atoms with E-state index in [4.69, 9.17) is 0 Å². The van der Waals surface area contributed by atoms with E-state index < -0.39 is 0 Å². The van der Waals surface area contributed by atoms with E-state index in [0.29, 0.717) is 12.3 Å². The number of hydrogen-bond acceptors (Lipinski definition) is 3. The Morgan fingerprint density at radius 2 is 2.03 bits per heavy atom. The maximum Gasteiger partial charge on any atom is 0.222 e. The molecule has 2 heterocycles. The normalized spacial score (nSPS) is 15.2. The third kappa shape index (κ3) is 6.90. The van der Waals surface area contributed by atoms with Gasteiger partial charge < -0.3 is 15.5 Å². The lowest BCUT2D eigenvalue weighted by molar-refractivity contribution is -0.130. The fourth-order valence-corrected chi connectivity index (χ4v) is 3.63. The summed E-state index contributed by atoms with van der Waals surface area (Å²) in [5.74, 6) is 1.15. The van der Waals surface area contributed by atoms with E-state index in [1.165, 1.54) is 12.0 Å². The van der Waals surface area contributed by atoms with Crippen LogP contribution in [0.2, 0.25) is 0 Å². The summed E-state index contributed by atoms with van der Waals surface area (Å²) >= 11 is 0. The number of carbonyl (C=O) groups excluding carboxylic acids is 1. The van der Waals surface area contributed by atoms with E-state index in [1.807, 2.05) is 21.8 Å². The highest BCUT2D eigenvalue weighted by Crippen LogP contribution is 2.11. The molecule has 1 aromatic heterocycles. The Bertz CT molecular complexity index is 785. The summed E-state index contributed by atoms with van der Waals surface area (Å²) in [6, 6.07) is 10.4. The second kappa shape index (κ2) is 12.0. The Morgan fingerprint density at radius 1 is 1.17 bits per heavy atom. The maximum atomic E-state index is 12.1. The molecule has 0 radical (unpaired) electrons. The van der Waals surface area contributed by atoms with Crippen LogP contribution in [0.15, 0.2) is 47.7 Å². The minimum Gasteiger partial charge on any atom is -0.357 e.